The Kier molecular flexibility index (Phi) is 3.94. The van der Waals surface area contributed by atoms with E-state index in [1.54, 1.807) is 14.2 Å². The molecule has 0 spiro atoms. The van der Waals surface area contributed by atoms with Crippen molar-refractivity contribution in [2.24, 2.45) is 5.92 Å². The number of hydrogen-bond acceptors (Lipinski definition) is 3. The summed E-state index contributed by atoms with van der Waals surface area (Å²) in [6, 6.07) is 4.42. The minimum absolute atomic E-state index is 0.393. The third-order valence-electron chi connectivity index (χ3n) is 3.24. The molecule has 1 aromatic rings. The van der Waals surface area contributed by atoms with E-state index in [0.29, 0.717) is 6.04 Å². The van der Waals surface area contributed by atoms with E-state index in [4.69, 9.17) is 9.47 Å². The number of ether oxygens (including phenoxy) is 2. The maximum Gasteiger partial charge on any atom is 0.161 e. The Morgan fingerprint density at radius 1 is 1.24 bits per heavy atom. The van der Waals surface area contributed by atoms with Gasteiger partial charge in [-0.05, 0) is 43.5 Å². The van der Waals surface area contributed by atoms with Gasteiger partial charge in [-0.1, -0.05) is 15.9 Å². The van der Waals surface area contributed by atoms with Crippen LogP contribution in [0.4, 0.5) is 0 Å². The molecule has 4 heteroatoms. The highest BCUT2D eigenvalue weighted by molar-refractivity contribution is 9.10. The monoisotopic (exact) mass is 299 g/mol. The summed E-state index contributed by atoms with van der Waals surface area (Å²) >= 11 is 3.61. The lowest BCUT2D eigenvalue weighted by Crippen LogP contribution is -2.18. The van der Waals surface area contributed by atoms with Crippen LogP contribution in [0.5, 0.6) is 11.5 Å². The first-order valence-corrected chi connectivity index (χ1v) is 6.59. The number of methoxy groups -OCH3 is 2. The van der Waals surface area contributed by atoms with Gasteiger partial charge in [-0.15, -0.1) is 0 Å². The highest BCUT2D eigenvalue weighted by Gasteiger charge is 2.32. The third-order valence-corrected chi connectivity index (χ3v) is 3.93. The molecular weight excluding hydrogens is 282 g/mol. The van der Waals surface area contributed by atoms with Crippen LogP contribution in [0.3, 0.4) is 0 Å². The zero-order valence-electron chi connectivity index (χ0n) is 10.4. The first kappa shape index (κ1) is 12.7. The van der Waals surface area contributed by atoms with E-state index in [-0.39, 0.29) is 0 Å². The lowest BCUT2D eigenvalue weighted by atomic mass is 10.0. The molecule has 1 aliphatic rings. The first-order chi connectivity index (χ1) is 8.21. The summed E-state index contributed by atoms with van der Waals surface area (Å²) in [5.74, 6) is 2.29. The van der Waals surface area contributed by atoms with E-state index < -0.39 is 0 Å². The molecule has 0 aromatic heterocycles. The molecule has 1 saturated carbocycles. The second-order valence-corrected chi connectivity index (χ2v) is 5.19. The Morgan fingerprint density at radius 3 is 2.29 bits per heavy atom. The molecule has 2 rings (SSSR count). The van der Waals surface area contributed by atoms with Gasteiger partial charge in [0, 0.05) is 10.5 Å². The molecule has 1 atom stereocenters. The zero-order valence-corrected chi connectivity index (χ0v) is 12.0. The van der Waals surface area contributed by atoms with Crippen LogP contribution >= 0.6 is 15.9 Å². The molecule has 0 saturated heterocycles. The Labute approximate surface area is 111 Å². The van der Waals surface area contributed by atoms with Crippen LogP contribution < -0.4 is 14.8 Å². The van der Waals surface area contributed by atoms with Crippen LogP contribution in [0.1, 0.15) is 24.4 Å². The Morgan fingerprint density at radius 2 is 1.82 bits per heavy atom. The maximum atomic E-state index is 5.35. The van der Waals surface area contributed by atoms with E-state index in [2.05, 4.69) is 27.3 Å². The van der Waals surface area contributed by atoms with Crippen molar-refractivity contribution < 1.29 is 9.47 Å². The van der Waals surface area contributed by atoms with Crippen molar-refractivity contribution >= 4 is 15.9 Å². The molecule has 0 bridgehead atoms. The number of rotatable bonds is 5. The van der Waals surface area contributed by atoms with E-state index >= 15 is 0 Å². The van der Waals surface area contributed by atoms with Crippen molar-refractivity contribution in [3.8, 4) is 11.5 Å². The third kappa shape index (κ3) is 2.58. The summed E-state index contributed by atoms with van der Waals surface area (Å²) in [7, 11) is 5.33. The minimum Gasteiger partial charge on any atom is -0.493 e. The fraction of sp³-hybridized carbons (Fsp3) is 0.538. The fourth-order valence-electron chi connectivity index (χ4n) is 2.18. The second-order valence-electron chi connectivity index (χ2n) is 4.33. The molecule has 1 aromatic carbocycles. The van der Waals surface area contributed by atoms with Crippen molar-refractivity contribution in [1.82, 2.24) is 5.32 Å². The predicted octanol–water partition coefficient (Wildman–Crippen LogP) is 3.14. The number of hydrogen-bond donors (Lipinski definition) is 1. The van der Waals surface area contributed by atoms with Crippen LogP contribution in [0.25, 0.3) is 0 Å². The van der Waals surface area contributed by atoms with Gasteiger partial charge in [0.1, 0.15) is 0 Å². The van der Waals surface area contributed by atoms with E-state index in [0.717, 1.165) is 21.9 Å². The average Bonchev–Trinajstić information content (AvgIpc) is 3.16. The molecule has 1 unspecified atom stereocenters. The van der Waals surface area contributed by atoms with Crippen LogP contribution in [-0.2, 0) is 0 Å². The van der Waals surface area contributed by atoms with Gasteiger partial charge in [-0.25, -0.2) is 0 Å². The minimum atomic E-state index is 0.393. The summed E-state index contributed by atoms with van der Waals surface area (Å²) in [5.41, 5.74) is 1.24. The standard InChI is InChI=1S/C13H18BrNO2/c1-15-13(8-4-5-8)9-6-11(16-2)12(17-3)7-10(9)14/h6-8,13,15H,4-5H2,1-3H3. The Bertz CT molecular complexity index is 405. The molecule has 0 heterocycles. The van der Waals surface area contributed by atoms with Crippen molar-refractivity contribution in [1.29, 1.82) is 0 Å². The molecule has 1 aliphatic carbocycles. The topological polar surface area (TPSA) is 30.5 Å². The second kappa shape index (κ2) is 5.27. The lowest BCUT2D eigenvalue weighted by Gasteiger charge is -2.19. The quantitative estimate of drug-likeness (QED) is 0.906. The number of halogens is 1. The average molecular weight is 300 g/mol. The Balaban J connectivity index is 2.38. The van der Waals surface area contributed by atoms with Crippen LogP contribution in [-0.4, -0.2) is 21.3 Å². The molecule has 0 aliphatic heterocycles. The summed E-state index contributed by atoms with van der Waals surface area (Å²) in [6.07, 6.45) is 2.60. The van der Waals surface area contributed by atoms with Crippen molar-refractivity contribution in [2.45, 2.75) is 18.9 Å². The van der Waals surface area contributed by atoms with Gasteiger partial charge in [0.05, 0.1) is 14.2 Å². The van der Waals surface area contributed by atoms with Gasteiger partial charge in [-0.3, -0.25) is 0 Å². The van der Waals surface area contributed by atoms with Crippen molar-refractivity contribution in [3.05, 3.63) is 22.2 Å². The largest absolute Gasteiger partial charge is 0.493 e. The van der Waals surface area contributed by atoms with Crippen LogP contribution in [0, 0.1) is 5.92 Å². The molecule has 0 amide bonds. The first-order valence-electron chi connectivity index (χ1n) is 5.80. The summed E-state index contributed by atoms with van der Waals surface area (Å²) < 4.78 is 11.7. The highest BCUT2D eigenvalue weighted by atomic mass is 79.9. The van der Waals surface area contributed by atoms with Gasteiger partial charge in [0.2, 0.25) is 0 Å². The molecule has 1 N–H and O–H groups in total. The molecule has 17 heavy (non-hydrogen) atoms. The number of benzene rings is 1. The van der Waals surface area contributed by atoms with Gasteiger partial charge >= 0.3 is 0 Å². The zero-order chi connectivity index (χ0) is 12.4. The van der Waals surface area contributed by atoms with Gasteiger partial charge in [-0.2, -0.15) is 0 Å². The molecule has 0 radical (unpaired) electrons. The van der Waals surface area contributed by atoms with E-state index in [1.807, 2.05) is 13.1 Å². The molecule has 3 nitrogen and oxygen atoms in total. The summed E-state index contributed by atoms with van der Waals surface area (Å²) in [6.45, 7) is 0. The van der Waals surface area contributed by atoms with E-state index in [9.17, 15) is 0 Å². The fourth-order valence-corrected chi connectivity index (χ4v) is 2.75. The molecule has 1 fully saturated rings. The van der Waals surface area contributed by atoms with Crippen molar-refractivity contribution in [2.75, 3.05) is 21.3 Å². The smallest absolute Gasteiger partial charge is 0.161 e. The predicted molar refractivity (Wildman–Crippen MR) is 71.8 cm³/mol. The highest BCUT2D eigenvalue weighted by Crippen LogP contribution is 2.45. The number of nitrogens with one attached hydrogen (secondary N) is 1. The lowest BCUT2D eigenvalue weighted by molar-refractivity contribution is 0.353. The summed E-state index contributed by atoms with van der Waals surface area (Å²) in [5, 5.41) is 3.38. The van der Waals surface area contributed by atoms with Gasteiger partial charge < -0.3 is 14.8 Å². The van der Waals surface area contributed by atoms with Crippen molar-refractivity contribution in [3.63, 3.8) is 0 Å². The maximum absolute atomic E-state index is 5.35. The normalized spacial score (nSPS) is 16.7. The Hall–Kier alpha value is -0.740. The molecule has 94 valence electrons. The SMILES string of the molecule is CNC(c1cc(OC)c(OC)cc1Br)C1CC1. The van der Waals surface area contributed by atoms with Gasteiger partial charge in [0.15, 0.2) is 11.5 Å². The van der Waals surface area contributed by atoms with Crippen LogP contribution in [0.2, 0.25) is 0 Å². The van der Waals surface area contributed by atoms with Gasteiger partial charge in [0.25, 0.3) is 0 Å². The summed E-state index contributed by atoms with van der Waals surface area (Å²) in [4.78, 5) is 0. The van der Waals surface area contributed by atoms with E-state index in [1.165, 1.54) is 18.4 Å². The van der Waals surface area contributed by atoms with Crippen LogP contribution in [0.15, 0.2) is 16.6 Å². The molecular formula is C13H18BrNO2.